The van der Waals surface area contributed by atoms with Crippen LogP contribution in [0.3, 0.4) is 0 Å². The fourth-order valence-corrected chi connectivity index (χ4v) is 2.32. The number of benzene rings is 1. The Kier molecular flexibility index (Phi) is 4.45. The van der Waals surface area contributed by atoms with Gasteiger partial charge in [-0.15, -0.1) is 0 Å². The molecule has 0 unspecified atom stereocenters. The van der Waals surface area contributed by atoms with Gasteiger partial charge in [-0.05, 0) is 51.2 Å². The molecular formula is C16H21BO5. The van der Waals surface area contributed by atoms with Crippen LogP contribution in [0.1, 0.15) is 50.0 Å². The van der Waals surface area contributed by atoms with Gasteiger partial charge in [0.25, 0.3) is 0 Å². The fourth-order valence-electron chi connectivity index (χ4n) is 2.32. The molecule has 1 aromatic carbocycles. The van der Waals surface area contributed by atoms with Gasteiger partial charge in [-0.2, -0.15) is 0 Å². The fraction of sp³-hybridized carbons (Fsp3) is 0.500. The standard InChI is InChI=1S/C16H21BO5/c1-15(2)16(3,4)22-17(21-15)13-7-5-11(6-8-14(19)20)9-12(13)10-18/h5,7,9-10H,6,8H2,1-4H3,(H,19,20). The summed E-state index contributed by atoms with van der Waals surface area (Å²) < 4.78 is 11.9. The molecule has 0 radical (unpaired) electrons. The average Bonchev–Trinajstić information content (AvgIpc) is 2.64. The second-order valence-electron chi connectivity index (χ2n) is 6.56. The van der Waals surface area contributed by atoms with Crippen molar-refractivity contribution < 1.29 is 24.0 Å². The summed E-state index contributed by atoms with van der Waals surface area (Å²) in [4.78, 5) is 22.0. The summed E-state index contributed by atoms with van der Waals surface area (Å²) in [7, 11) is -0.598. The van der Waals surface area contributed by atoms with Gasteiger partial charge >= 0.3 is 13.1 Å². The summed E-state index contributed by atoms with van der Waals surface area (Å²) in [6.07, 6.45) is 1.18. The average molecular weight is 304 g/mol. The number of carbonyl (C=O) groups is 2. The van der Waals surface area contributed by atoms with Crippen LogP contribution in [0.4, 0.5) is 0 Å². The van der Waals surface area contributed by atoms with Gasteiger partial charge in [0.2, 0.25) is 0 Å². The lowest BCUT2D eigenvalue weighted by Crippen LogP contribution is -2.41. The number of aliphatic carboxylic acids is 1. The Morgan fingerprint density at radius 1 is 1.23 bits per heavy atom. The maximum absolute atomic E-state index is 11.4. The summed E-state index contributed by atoms with van der Waals surface area (Å²) in [5.74, 6) is -0.859. The van der Waals surface area contributed by atoms with Crippen LogP contribution in [0.15, 0.2) is 18.2 Å². The van der Waals surface area contributed by atoms with Gasteiger partial charge in [0.1, 0.15) is 6.29 Å². The molecule has 1 aliphatic rings. The maximum Gasteiger partial charge on any atom is 0.495 e. The van der Waals surface area contributed by atoms with E-state index >= 15 is 0 Å². The summed E-state index contributed by atoms with van der Waals surface area (Å²) in [6, 6.07) is 5.30. The largest absolute Gasteiger partial charge is 0.495 e. The Morgan fingerprint density at radius 3 is 2.32 bits per heavy atom. The molecule has 5 nitrogen and oxygen atoms in total. The molecule has 1 fully saturated rings. The molecule has 0 bridgehead atoms. The molecule has 1 aliphatic heterocycles. The number of carboxylic acids is 1. The second-order valence-corrected chi connectivity index (χ2v) is 6.56. The van der Waals surface area contributed by atoms with Gasteiger partial charge in [-0.1, -0.05) is 12.1 Å². The van der Waals surface area contributed by atoms with Gasteiger partial charge in [0, 0.05) is 12.0 Å². The third-order valence-corrected chi connectivity index (χ3v) is 4.41. The molecule has 1 saturated heterocycles. The van der Waals surface area contributed by atoms with Crippen LogP contribution in [0.2, 0.25) is 0 Å². The van der Waals surface area contributed by atoms with Crippen molar-refractivity contribution in [1.82, 2.24) is 0 Å². The zero-order chi connectivity index (χ0) is 16.5. The Labute approximate surface area is 130 Å². The zero-order valence-corrected chi connectivity index (χ0v) is 13.4. The molecule has 118 valence electrons. The lowest BCUT2D eigenvalue weighted by Gasteiger charge is -2.32. The highest BCUT2D eigenvalue weighted by Crippen LogP contribution is 2.36. The number of hydrogen-bond donors (Lipinski definition) is 1. The first kappa shape index (κ1) is 16.7. The highest BCUT2D eigenvalue weighted by atomic mass is 16.7. The first-order chi connectivity index (χ1) is 10.2. The number of hydrogen-bond acceptors (Lipinski definition) is 4. The van der Waals surface area contributed by atoms with Gasteiger partial charge in [0.05, 0.1) is 11.2 Å². The number of carboxylic acid groups (broad SMARTS) is 1. The van der Waals surface area contributed by atoms with Crippen molar-refractivity contribution >= 4 is 24.8 Å². The molecule has 0 atom stereocenters. The van der Waals surface area contributed by atoms with E-state index in [1.54, 1.807) is 12.1 Å². The molecule has 6 heteroatoms. The number of rotatable bonds is 5. The van der Waals surface area contributed by atoms with Gasteiger partial charge in [-0.3, -0.25) is 9.59 Å². The molecule has 0 aliphatic carbocycles. The van der Waals surface area contributed by atoms with Crippen molar-refractivity contribution in [2.24, 2.45) is 0 Å². The lowest BCUT2D eigenvalue weighted by atomic mass is 9.75. The first-order valence-electron chi connectivity index (χ1n) is 7.32. The second kappa shape index (κ2) is 5.86. The molecule has 0 spiro atoms. The zero-order valence-electron chi connectivity index (χ0n) is 13.4. The minimum Gasteiger partial charge on any atom is -0.481 e. The minimum atomic E-state index is -0.859. The normalized spacial score (nSPS) is 19.2. The first-order valence-corrected chi connectivity index (χ1v) is 7.32. The topological polar surface area (TPSA) is 72.8 Å². The monoisotopic (exact) mass is 304 g/mol. The van der Waals surface area contributed by atoms with E-state index in [4.69, 9.17) is 14.4 Å². The maximum atomic E-state index is 11.4. The summed E-state index contributed by atoms with van der Waals surface area (Å²) in [6.45, 7) is 7.81. The van der Waals surface area contributed by atoms with Crippen LogP contribution >= 0.6 is 0 Å². The van der Waals surface area contributed by atoms with Crippen molar-refractivity contribution in [2.75, 3.05) is 0 Å². The van der Waals surface area contributed by atoms with E-state index in [0.717, 1.165) is 11.8 Å². The van der Waals surface area contributed by atoms with Gasteiger partial charge < -0.3 is 14.4 Å². The third kappa shape index (κ3) is 3.23. The van der Waals surface area contributed by atoms with E-state index in [0.29, 0.717) is 17.4 Å². The lowest BCUT2D eigenvalue weighted by molar-refractivity contribution is -0.136. The van der Waals surface area contributed by atoms with Crippen molar-refractivity contribution in [1.29, 1.82) is 0 Å². The van der Waals surface area contributed by atoms with Crippen LogP contribution in [-0.2, 0) is 20.5 Å². The summed E-state index contributed by atoms with van der Waals surface area (Å²) in [5, 5.41) is 8.73. The van der Waals surface area contributed by atoms with Gasteiger partial charge in [-0.25, -0.2) is 0 Å². The van der Waals surface area contributed by atoms with E-state index in [2.05, 4.69) is 0 Å². The van der Waals surface area contributed by atoms with Gasteiger partial charge in [0.15, 0.2) is 0 Å². The predicted molar refractivity (Wildman–Crippen MR) is 83.5 cm³/mol. The van der Waals surface area contributed by atoms with Crippen molar-refractivity contribution in [3.05, 3.63) is 29.3 Å². The van der Waals surface area contributed by atoms with Crippen molar-refractivity contribution in [2.45, 2.75) is 51.7 Å². The Hall–Kier alpha value is -1.66. The van der Waals surface area contributed by atoms with Crippen LogP contribution in [-0.4, -0.2) is 35.7 Å². The van der Waals surface area contributed by atoms with Crippen LogP contribution in [0.25, 0.3) is 0 Å². The van der Waals surface area contributed by atoms with Crippen molar-refractivity contribution in [3.63, 3.8) is 0 Å². The van der Waals surface area contributed by atoms with E-state index < -0.39 is 24.3 Å². The van der Waals surface area contributed by atoms with Crippen LogP contribution in [0, 0.1) is 0 Å². The Morgan fingerprint density at radius 2 is 1.82 bits per heavy atom. The smallest absolute Gasteiger partial charge is 0.481 e. The quantitative estimate of drug-likeness (QED) is 0.663. The third-order valence-electron chi connectivity index (χ3n) is 4.41. The molecule has 0 amide bonds. The SMILES string of the molecule is CC1(C)OB(c2ccc(CCC(=O)O)cc2C=O)OC1(C)C. The van der Waals surface area contributed by atoms with Crippen LogP contribution < -0.4 is 5.46 Å². The minimum absolute atomic E-state index is 0.0358. The number of aldehydes is 1. The van der Waals surface area contributed by atoms with Crippen molar-refractivity contribution in [3.8, 4) is 0 Å². The van der Waals surface area contributed by atoms with E-state index in [1.807, 2.05) is 33.8 Å². The van der Waals surface area contributed by atoms with Crippen LogP contribution in [0.5, 0.6) is 0 Å². The molecule has 2 rings (SSSR count). The Balaban J connectivity index is 2.25. The summed E-state index contributed by atoms with van der Waals surface area (Å²) in [5.41, 5.74) is 1.01. The molecule has 0 aromatic heterocycles. The Bertz CT molecular complexity index is 578. The number of carbonyl (C=O) groups excluding carboxylic acids is 1. The molecule has 0 saturated carbocycles. The highest BCUT2D eigenvalue weighted by molar-refractivity contribution is 6.63. The molecule has 22 heavy (non-hydrogen) atoms. The highest BCUT2D eigenvalue weighted by Gasteiger charge is 2.52. The molecular weight excluding hydrogens is 283 g/mol. The van der Waals surface area contributed by atoms with E-state index in [1.165, 1.54) is 0 Å². The number of aryl methyl sites for hydroxylation is 1. The van der Waals surface area contributed by atoms with E-state index in [9.17, 15) is 9.59 Å². The predicted octanol–water partition coefficient (Wildman–Crippen LogP) is 1.82. The summed E-state index contributed by atoms with van der Waals surface area (Å²) >= 11 is 0. The molecule has 1 aromatic rings. The molecule has 1 heterocycles. The van der Waals surface area contributed by atoms with E-state index in [-0.39, 0.29) is 6.42 Å². The molecule has 1 N–H and O–H groups in total.